The van der Waals surface area contributed by atoms with E-state index in [0.717, 1.165) is 17.8 Å². The maximum atomic E-state index is 12.8. The lowest BCUT2D eigenvalue weighted by Crippen LogP contribution is -2.38. The van der Waals surface area contributed by atoms with Gasteiger partial charge in [0.05, 0.1) is 6.04 Å². The van der Waals surface area contributed by atoms with E-state index in [4.69, 9.17) is 22.3 Å². The number of halogens is 1. The minimum absolute atomic E-state index is 0.102. The van der Waals surface area contributed by atoms with Crippen LogP contribution in [0.1, 0.15) is 35.6 Å². The molecule has 1 aliphatic carbocycles. The molecule has 0 bridgehead atoms. The van der Waals surface area contributed by atoms with Gasteiger partial charge in [-0.1, -0.05) is 30.3 Å². The van der Waals surface area contributed by atoms with Crippen LogP contribution in [-0.4, -0.2) is 42.1 Å². The minimum atomic E-state index is -0.309. The molecule has 10 heteroatoms. The maximum absolute atomic E-state index is 12.8. The first-order valence-corrected chi connectivity index (χ1v) is 12.4. The molecule has 2 amide bonds. The Morgan fingerprint density at radius 2 is 1.95 bits per heavy atom. The molecule has 1 saturated carbocycles. The summed E-state index contributed by atoms with van der Waals surface area (Å²) in [6.45, 7) is 5.78. The molecule has 186 valence electrons. The topological polar surface area (TPSA) is 119 Å². The molecule has 0 radical (unpaired) electrons. The normalized spacial score (nSPS) is 22.1. The summed E-state index contributed by atoms with van der Waals surface area (Å²) in [5, 5.41) is 3.23. The summed E-state index contributed by atoms with van der Waals surface area (Å²) in [6, 6.07) is 10.2. The molecule has 2 aliphatic rings. The number of benzene rings is 1. The summed E-state index contributed by atoms with van der Waals surface area (Å²) in [6.07, 6.45) is 7.41. The highest BCUT2D eigenvalue weighted by Gasteiger charge is 2.59. The standard InChI is InChI=1S/C27H24ClN7O2/c1-3-21(36)35-14(2)18-13-19(18)23(35)26-33-22(24-25(29)31-10-11-34(24)26)15-4-6-16(7-5-15)27(37)32-20-12-17(28)8-9-30-20/h3-12,14,18-19,23H,1,13H2,2H3,(H2,29,31)(H,30,32,37)/t14-,18?,19-,23-/m0/s1. The monoisotopic (exact) mass is 513 g/mol. The van der Waals surface area contributed by atoms with Crippen LogP contribution in [0.5, 0.6) is 0 Å². The number of hydrogen-bond acceptors (Lipinski definition) is 6. The van der Waals surface area contributed by atoms with E-state index in [1.807, 2.05) is 27.6 Å². The van der Waals surface area contributed by atoms with Gasteiger partial charge in [-0.3, -0.25) is 14.0 Å². The molecular weight excluding hydrogens is 490 g/mol. The Bertz CT molecular complexity index is 1570. The van der Waals surface area contributed by atoms with Crippen LogP contribution < -0.4 is 11.1 Å². The number of likely N-dealkylation sites (tertiary alicyclic amines) is 1. The molecule has 2 fully saturated rings. The molecule has 9 nitrogen and oxygen atoms in total. The number of fused-ring (bicyclic) bond motifs is 2. The highest BCUT2D eigenvalue weighted by atomic mass is 35.5. The summed E-state index contributed by atoms with van der Waals surface area (Å²) in [7, 11) is 0. The van der Waals surface area contributed by atoms with E-state index >= 15 is 0 Å². The number of nitrogen functional groups attached to an aromatic ring is 1. The predicted octanol–water partition coefficient (Wildman–Crippen LogP) is 4.37. The number of aromatic nitrogens is 4. The van der Waals surface area contributed by atoms with Crippen molar-refractivity contribution in [2.75, 3.05) is 11.1 Å². The van der Waals surface area contributed by atoms with Crippen molar-refractivity contribution in [3.8, 4) is 11.3 Å². The second-order valence-corrected chi connectivity index (χ2v) is 9.88. The second kappa shape index (κ2) is 8.70. The molecule has 1 unspecified atom stereocenters. The quantitative estimate of drug-likeness (QED) is 0.382. The number of anilines is 2. The number of nitrogens with two attached hydrogens (primary N) is 1. The number of hydrogen-bond donors (Lipinski definition) is 2. The number of nitrogens with zero attached hydrogens (tertiary/aromatic N) is 5. The van der Waals surface area contributed by atoms with E-state index in [9.17, 15) is 9.59 Å². The molecular formula is C27H24ClN7O2. The summed E-state index contributed by atoms with van der Waals surface area (Å²) in [5.74, 6) is 1.84. The molecule has 37 heavy (non-hydrogen) atoms. The highest BCUT2D eigenvalue weighted by molar-refractivity contribution is 6.30. The first kappa shape index (κ1) is 23.2. The fourth-order valence-electron chi connectivity index (χ4n) is 5.52. The van der Waals surface area contributed by atoms with Crippen LogP contribution in [0.3, 0.4) is 0 Å². The van der Waals surface area contributed by atoms with Crippen molar-refractivity contribution in [3.63, 3.8) is 0 Å². The SMILES string of the molecule is C=CC(=O)N1[C@H](c2nc(-c3ccc(C(=O)Nc4cc(Cl)ccn4)cc3)c3c(N)nccn23)[C@H]2CC2[C@@H]1C. The van der Waals surface area contributed by atoms with Gasteiger partial charge in [-0.25, -0.2) is 15.0 Å². The van der Waals surface area contributed by atoms with Gasteiger partial charge < -0.3 is 16.0 Å². The Morgan fingerprint density at radius 3 is 2.68 bits per heavy atom. The Labute approximate surface area is 218 Å². The lowest BCUT2D eigenvalue weighted by atomic mass is 10.1. The number of carbonyl (C=O) groups is 2. The van der Waals surface area contributed by atoms with Gasteiger partial charge in [-0.2, -0.15) is 0 Å². The van der Waals surface area contributed by atoms with Crippen molar-refractivity contribution in [3.05, 3.63) is 84.1 Å². The molecule has 3 aromatic heterocycles. The van der Waals surface area contributed by atoms with Crippen molar-refractivity contribution in [1.29, 1.82) is 0 Å². The van der Waals surface area contributed by atoms with Gasteiger partial charge in [0.25, 0.3) is 5.91 Å². The number of carbonyl (C=O) groups excluding carboxylic acids is 2. The van der Waals surface area contributed by atoms with Gasteiger partial charge >= 0.3 is 0 Å². The number of pyridine rings is 1. The van der Waals surface area contributed by atoms with Gasteiger partial charge in [-0.05, 0) is 55.5 Å². The van der Waals surface area contributed by atoms with Crippen LogP contribution in [0.15, 0.2) is 67.6 Å². The molecule has 1 saturated heterocycles. The second-order valence-electron chi connectivity index (χ2n) is 9.44. The molecule has 0 spiro atoms. The highest BCUT2D eigenvalue weighted by Crippen LogP contribution is 2.59. The van der Waals surface area contributed by atoms with E-state index < -0.39 is 0 Å². The van der Waals surface area contributed by atoms with Gasteiger partial charge in [-0.15, -0.1) is 0 Å². The van der Waals surface area contributed by atoms with E-state index in [1.54, 1.807) is 30.5 Å². The number of rotatable bonds is 5. The molecule has 1 aromatic carbocycles. The first-order chi connectivity index (χ1) is 17.9. The Morgan fingerprint density at radius 1 is 1.16 bits per heavy atom. The third-order valence-electron chi connectivity index (χ3n) is 7.34. The minimum Gasteiger partial charge on any atom is -0.382 e. The van der Waals surface area contributed by atoms with Crippen LogP contribution in [0, 0.1) is 11.8 Å². The largest absolute Gasteiger partial charge is 0.382 e. The Balaban J connectivity index is 1.37. The number of piperidine rings is 1. The molecule has 1 aliphatic heterocycles. The zero-order chi connectivity index (χ0) is 25.8. The molecule has 6 rings (SSSR count). The zero-order valence-corrected chi connectivity index (χ0v) is 20.8. The van der Waals surface area contributed by atoms with Crippen LogP contribution in [0.25, 0.3) is 16.8 Å². The lowest BCUT2D eigenvalue weighted by Gasteiger charge is -2.30. The van der Waals surface area contributed by atoms with Crippen LogP contribution in [0.2, 0.25) is 5.02 Å². The predicted molar refractivity (Wildman–Crippen MR) is 141 cm³/mol. The van der Waals surface area contributed by atoms with Crippen LogP contribution >= 0.6 is 11.6 Å². The van der Waals surface area contributed by atoms with Gasteiger partial charge in [0.2, 0.25) is 5.91 Å². The van der Waals surface area contributed by atoms with Crippen molar-refractivity contribution in [1.82, 2.24) is 24.3 Å². The summed E-state index contributed by atoms with van der Waals surface area (Å²) < 4.78 is 1.94. The van der Waals surface area contributed by atoms with E-state index in [1.165, 1.54) is 12.3 Å². The fraction of sp³-hybridized carbons (Fsp3) is 0.222. The summed E-state index contributed by atoms with van der Waals surface area (Å²) in [5.41, 5.74) is 8.87. The van der Waals surface area contributed by atoms with Crippen molar-refractivity contribution in [2.24, 2.45) is 11.8 Å². The average Bonchev–Trinajstić information content (AvgIpc) is 3.51. The van der Waals surface area contributed by atoms with Gasteiger partial charge in [0, 0.05) is 40.8 Å². The van der Waals surface area contributed by atoms with E-state index in [0.29, 0.717) is 45.3 Å². The smallest absolute Gasteiger partial charge is 0.256 e. The van der Waals surface area contributed by atoms with Crippen LogP contribution in [-0.2, 0) is 4.79 Å². The first-order valence-electron chi connectivity index (χ1n) is 12.0. The molecule has 3 N–H and O–H groups in total. The maximum Gasteiger partial charge on any atom is 0.256 e. The fourth-order valence-corrected chi connectivity index (χ4v) is 5.68. The van der Waals surface area contributed by atoms with E-state index in [-0.39, 0.29) is 23.9 Å². The number of amides is 2. The van der Waals surface area contributed by atoms with Gasteiger partial charge in [0.1, 0.15) is 28.7 Å². The number of nitrogens with one attached hydrogen (secondary N) is 1. The average molecular weight is 514 g/mol. The molecule has 4 heterocycles. The molecule has 4 aromatic rings. The van der Waals surface area contributed by atoms with Crippen molar-refractivity contribution >= 4 is 40.6 Å². The van der Waals surface area contributed by atoms with Crippen LogP contribution in [0.4, 0.5) is 11.6 Å². The third kappa shape index (κ3) is 3.82. The lowest BCUT2D eigenvalue weighted by molar-refractivity contribution is -0.129. The summed E-state index contributed by atoms with van der Waals surface area (Å²) >= 11 is 5.98. The number of imidazole rings is 1. The van der Waals surface area contributed by atoms with Crippen molar-refractivity contribution < 1.29 is 9.59 Å². The Kier molecular flexibility index (Phi) is 5.45. The molecule has 4 atom stereocenters. The van der Waals surface area contributed by atoms with E-state index in [2.05, 4.69) is 28.8 Å². The van der Waals surface area contributed by atoms with Gasteiger partial charge in [0.15, 0.2) is 0 Å². The van der Waals surface area contributed by atoms with Crippen molar-refractivity contribution in [2.45, 2.75) is 25.4 Å². The Hall–Kier alpha value is -4.24. The summed E-state index contributed by atoms with van der Waals surface area (Å²) in [4.78, 5) is 40.8. The third-order valence-corrected chi connectivity index (χ3v) is 7.58. The zero-order valence-electron chi connectivity index (χ0n) is 20.0.